The molecular formula is C10H10ClNO2. The number of aromatic amines is 1. The summed E-state index contributed by atoms with van der Waals surface area (Å²) in [4.78, 5) is 24.9. The molecule has 0 radical (unpaired) electrons. The van der Waals surface area contributed by atoms with Gasteiger partial charge in [0.25, 0.3) is 5.24 Å². The van der Waals surface area contributed by atoms with Gasteiger partial charge in [-0.2, -0.15) is 0 Å². The number of hydrogen-bond donors (Lipinski definition) is 1. The number of aromatic nitrogens is 1. The number of carbonyl (C=O) groups excluding carboxylic acids is 2. The molecule has 1 aromatic rings. The molecule has 1 N–H and O–H groups in total. The summed E-state index contributed by atoms with van der Waals surface area (Å²) in [5.41, 5.74) is 0.320. The van der Waals surface area contributed by atoms with Crippen LogP contribution >= 0.6 is 11.6 Å². The molecule has 0 bridgehead atoms. The van der Waals surface area contributed by atoms with E-state index >= 15 is 0 Å². The molecule has 0 spiro atoms. The fourth-order valence-electron chi connectivity index (χ4n) is 1.29. The maximum atomic E-state index is 11.3. The van der Waals surface area contributed by atoms with Crippen LogP contribution in [0.3, 0.4) is 0 Å². The van der Waals surface area contributed by atoms with Crippen molar-refractivity contribution >= 4 is 34.8 Å². The molecule has 0 fully saturated rings. The highest BCUT2D eigenvalue weighted by Gasteiger charge is 2.15. The summed E-state index contributed by atoms with van der Waals surface area (Å²) in [7, 11) is 0. The minimum atomic E-state index is -0.963. The molecule has 0 unspecified atom stereocenters. The van der Waals surface area contributed by atoms with Crippen LogP contribution in [0.15, 0.2) is 6.20 Å². The van der Waals surface area contributed by atoms with Crippen LogP contribution in [0.2, 0.25) is 0 Å². The van der Waals surface area contributed by atoms with Crippen LogP contribution < -0.4 is 10.6 Å². The summed E-state index contributed by atoms with van der Waals surface area (Å²) in [6.45, 7) is 3.64. The summed E-state index contributed by atoms with van der Waals surface area (Å²) in [5, 5.41) is 0.565. The third-order valence-electron chi connectivity index (χ3n) is 1.95. The third kappa shape index (κ3) is 1.77. The normalized spacial score (nSPS) is 13.4. The lowest BCUT2D eigenvalue weighted by Crippen LogP contribution is -2.27. The van der Waals surface area contributed by atoms with Gasteiger partial charge in [0, 0.05) is 16.8 Å². The van der Waals surface area contributed by atoms with Crippen LogP contribution in [0.1, 0.15) is 24.2 Å². The maximum absolute atomic E-state index is 11.3. The van der Waals surface area contributed by atoms with Crippen LogP contribution in [-0.2, 0) is 4.79 Å². The van der Waals surface area contributed by atoms with Gasteiger partial charge < -0.3 is 4.98 Å². The van der Waals surface area contributed by atoms with Crippen molar-refractivity contribution in [2.45, 2.75) is 13.8 Å². The van der Waals surface area contributed by atoms with Gasteiger partial charge in [0.2, 0.25) is 5.78 Å². The molecule has 14 heavy (non-hydrogen) atoms. The van der Waals surface area contributed by atoms with Crippen molar-refractivity contribution in [3.8, 4) is 0 Å². The van der Waals surface area contributed by atoms with Crippen LogP contribution in [0, 0.1) is 0 Å². The van der Waals surface area contributed by atoms with Crippen LogP contribution in [-0.4, -0.2) is 16.0 Å². The van der Waals surface area contributed by atoms with E-state index in [0.717, 1.165) is 5.35 Å². The summed E-state index contributed by atoms with van der Waals surface area (Å²) < 4.78 is 0. The van der Waals surface area contributed by atoms with Crippen LogP contribution in [0.5, 0.6) is 0 Å². The molecule has 3 nitrogen and oxygen atoms in total. The van der Waals surface area contributed by atoms with Gasteiger partial charge >= 0.3 is 0 Å². The molecule has 74 valence electrons. The Labute approximate surface area is 86.1 Å². The molecule has 4 heteroatoms. The highest BCUT2D eigenvalue weighted by atomic mass is 35.5. The van der Waals surface area contributed by atoms with Crippen molar-refractivity contribution in [1.29, 1.82) is 0 Å². The van der Waals surface area contributed by atoms with Gasteiger partial charge in [0.1, 0.15) is 0 Å². The Bertz CT molecular complexity index is 485. The Morgan fingerprint density at radius 1 is 1.36 bits per heavy atom. The number of rotatable bonds is 2. The molecule has 1 rings (SSSR count). The van der Waals surface area contributed by atoms with Gasteiger partial charge in [0.05, 0.1) is 5.56 Å². The number of halogens is 1. The molecule has 0 aliphatic rings. The number of H-pyrrole nitrogens is 1. The predicted octanol–water partition coefficient (Wildman–Crippen LogP) is 0.564. The van der Waals surface area contributed by atoms with Crippen molar-refractivity contribution in [1.82, 2.24) is 4.98 Å². The molecule has 0 aromatic carbocycles. The fraction of sp³-hybridized carbons (Fsp3) is 0.200. The minimum Gasteiger partial charge on any atom is -0.361 e. The molecule has 0 aliphatic heterocycles. The first kappa shape index (κ1) is 10.7. The van der Waals surface area contributed by atoms with Gasteiger partial charge in [-0.25, -0.2) is 0 Å². The Morgan fingerprint density at radius 3 is 2.43 bits per heavy atom. The van der Waals surface area contributed by atoms with E-state index in [4.69, 9.17) is 11.6 Å². The van der Waals surface area contributed by atoms with Gasteiger partial charge in [-0.05, 0) is 25.4 Å². The first-order valence-corrected chi connectivity index (χ1v) is 4.53. The predicted molar refractivity (Wildman–Crippen MR) is 55.5 cm³/mol. The zero-order valence-corrected chi connectivity index (χ0v) is 8.68. The monoisotopic (exact) mass is 211 g/mol. The quantitative estimate of drug-likeness (QED) is 0.442. The second kappa shape index (κ2) is 4.24. The summed E-state index contributed by atoms with van der Waals surface area (Å²) in [6.07, 6.45) is 5.08. The highest BCUT2D eigenvalue weighted by molar-refractivity contribution is 6.83. The van der Waals surface area contributed by atoms with Crippen LogP contribution in [0.25, 0.3) is 12.2 Å². The average Bonchev–Trinajstić information content (AvgIpc) is 2.58. The standard InChI is InChI=1S/C10H10ClNO2/c1-3-6-7(9(13)10(11)14)5-12-8(6)4-2/h3-5,12H,1-2H3/b6-3-,8-4+. The first-order valence-electron chi connectivity index (χ1n) is 4.16. The van der Waals surface area contributed by atoms with E-state index < -0.39 is 11.0 Å². The molecule has 0 amide bonds. The van der Waals surface area contributed by atoms with Crippen molar-refractivity contribution in [3.63, 3.8) is 0 Å². The number of hydrogen-bond acceptors (Lipinski definition) is 2. The number of ketones is 1. The highest BCUT2D eigenvalue weighted by Crippen LogP contribution is 1.94. The van der Waals surface area contributed by atoms with Gasteiger partial charge in [-0.3, -0.25) is 9.59 Å². The Kier molecular flexibility index (Phi) is 3.25. The topological polar surface area (TPSA) is 49.9 Å². The smallest absolute Gasteiger partial charge is 0.293 e. The largest absolute Gasteiger partial charge is 0.361 e. The summed E-state index contributed by atoms with van der Waals surface area (Å²) in [6, 6.07) is 0. The van der Waals surface area contributed by atoms with E-state index in [0.29, 0.717) is 10.8 Å². The van der Waals surface area contributed by atoms with E-state index in [9.17, 15) is 9.59 Å². The Morgan fingerprint density at radius 2 is 2.00 bits per heavy atom. The zero-order chi connectivity index (χ0) is 10.7. The van der Waals surface area contributed by atoms with Crippen LogP contribution in [0.4, 0.5) is 0 Å². The second-order valence-electron chi connectivity index (χ2n) is 2.71. The number of carbonyl (C=O) groups is 2. The maximum Gasteiger partial charge on any atom is 0.293 e. The minimum absolute atomic E-state index is 0.320. The van der Waals surface area contributed by atoms with E-state index in [2.05, 4.69) is 4.98 Å². The summed E-state index contributed by atoms with van der Waals surface area (Å²) >= 11 is 5.12. The fourth-order valence-corrected chi connectivity index (χ4v) is 1.40. The van der Waals surface area contributed by atoms with E-state index in [1.54, 1.807) is 13.0 Å². The molecule has 0 atom stereocenters. The lowest BCUT2D eigenvalue weighted by atomic mass is 10.2. The van der Waals surface area contributed by atoms with Crippen molar-refractivity contribution in [2.24, 2.45) is 0 Å². The van der Waals surface area contributed by atoms with E-state index in [1.807, 2.05) is 13.0 Å². The van der Waals surface area contributed by atoms with Crippen molar-refractivity contribution < 1.29 is 9.59 Å². The van der Waals surface area contributed by atoms with Crippen molar-refractivity contribution in [3.05, 3.63) is 22.3 Å². The van der Waals surface area contributed by atoms with E-state index in [-0.39, 0.29) is 0 Å². The summed E-state index contributed by atoms with van der Waals surface area (Å²) in [5.74, 6) is -0.677. The molecule has 0 saturated heterocycles. The lowest BCUT2D eigenvalue weighted by Gasteiger charge is -1.88. The number of Topliss-reactive ketones (excluding diaryl/α,β-unsaturated/α-hetero) is 1. The average molecular weight is 212 g/mol. The second-order valence-corrected chi connectivity index (χ2v) is 3.05. The van der Waals surface area contributed by atoms with Gasteiger partial charge in [-0.15, -0.1) is 0 Å². The van der Waals surface area contributed by atoms with Crippen molar-refractivity contribution in [2.75, 3.05) is 0 Å². The molecule has 1 aromatic heterocycles. The first-order chi connectivity index (χ1) is 6.61. The third-order valence-corrected chi connectivity index (χ3v) is 2.12. The van der Waals surface area contributed by atoms with E-state index in [1.165, 1.54) is 6.20 Å². The SMILES string of the molecule is C/C=c1/c(C(=O)C(=O)Cl)c[nH]/c1=C/C. The Balaban J connectivity index is 3.47. The lowest BCUT2D eigenvalue weighted by molar-refractivity contribution is -0.108. The molecule has 1 heterocycles. The zero-order valence-electron chi connectivity index (χ0n) is 7.93. The molecular weight excluding hydrogens is 202 g/mol. The molecule has 0 aliphatic carbocycles. The Hall–Kier alpha value is -1.35. The van der Waals surface area contributed by atoms with Gasteiger partial charge in [-0.1, -0.05) is 12.2 Å². The number of nitrogens with one attached hydrogen (secondary N) is 1. The molecule has 0 saturated carbocycles. The van der Waals surface area contributed by atoms with Gasteiger partial charge in [0.15, 0.2) is 0 Å².